The SMILES string of the molecule is CCN(CC)S(=O)(=O)c1ccc(Nc2ncnc(NNC(=O)c3ccc(OC)cc3)c2N)cc1. The van der Waals surface area contributed by atoms with Crippen molar-refractivity contribution in [3.8, 4) is 5.75 Å². The maximum Gasteiger partial charge on any atom is 0.269 e. The first-order valence-corrected chi connectivity index (χ1v) is 11.9. The molecule has 0 aliphatic heterocycles. The Morgan fingerprint density at radius 3 is 2.21 bits per heavy atom. The van der Waals surface area contributed by atoms with Crippen LogP contribution in [0.3, 0.4) is 0 Å². The fraction of sp³-hybridized carbons (Fsp3) is 0.227. The predicted molar refractivity (Wildman–Crippen MR) is 130 cm³/mol. The second kappa shape index (κ2) is 10.8. The number of anilines is 4. The summed E-state index contributed by atoms with van der Waals surface area (Å²) in [6, 6.07) is 12.9. The number of hydrogen-bond acceptors (Lipinski definition) is 9. The number of hydrogen-bond donors (Lipinski definition) is 4. The minimum atomic E-state index is -3.55. The Hall–Kier alpha value is -3.90. The number of rotatable bonds is 10. The third-order valence-electron chi connectivity index (χ3n) is 4.99. The molecule has 0 aliphatic rings. The lowest BCUT2D eigenvalue weighted by Gasteiger charge is -2.18. The van der Waals surface area contributed by atoms with Crippen LogP contribution >= 0.6 is 0 Å². The fourth-order valence-corrected chi connectivity index (χ4v) is 4.54. The lowest BCUT2D eigenvalue weighted by atomic mass is 10.2. The van der Waals surface area contributed by atoms with E-state index in [9.17, 15) is 13.2 Å². The molecule has 5 N–H and O–H groups in total. The summed E-state index contributed by atoms with van der Waals surface area (Å²) in [7, 11) is -2.01. The average molecular weight is 486 g/mol. The van der Waals surface area contributed by atoms with Gasteiger partial charge in [-0.2, -0.15) is 4.31 Å². The van der Waals surface area contributed by atoms with Crippen molar-refractivity contribution in [2.45, 2.75) is 18.7 Å². The molecule has 0 atom stereocenters. The molecule has 1 amide bonds. The van der Waals surface area contributed by atoms with Gasteiger partial charge in [0.1, 0.15) is 17.8 Å². The molecule has 3 rings (SSSR count). The Morgan fingerprint density at radius 1 is 1.00 bits per heavy atom. The second-order valence-electron chi connectivity index (χ2n) is 7.03. The highest BCUT2D eigenvalue weighted by molar-refractivity contribution is 7.89. The van der Waals surface area contributed by atoms with Crippen molar-refractivity contribution < 1.29 is 17.9 Å². The van der Waals surface area contributed by atoms with Crippen molar-refractivity contribution in [2.24, 2.45) is 0 Å². The molecule has 1 aromatic heterocycles. The highest BCUT2D eigenvalue weighted by Gasteiger charge is 2.21. The van der Waals surface area contributed by atoms with E-state index in [4.69, 9.17) is 10.5 Å². The molecule has 1 heterocycles. The summed E-state index contributed by atoms with van der Waals surface area (Å²) in [5.74, 6) is 0.731. The number of methoxy groups -OCH3 is 1. The number of nitrogen functional groups attached to an aromatic ring is 1. The van der Waals surface area contributed by atoms with E-state index >= 15 is 0 Å². The minimum absolute atomic E-state index is 0.164. The van der Waals surface area contributed by atoms with Crippen LogP contribution in [0.1, 0.15) is 24.2 Å². The molecular weight excluding hydrogens is 458 g/mol. The van der Waals surface area contributed by atoms with Gasteiger partial charge in [0.2, 0.25) is 10.0 Å². The zero-order chi connectivity index (χ0) is 24.7. The van der Waals surface area contributed by atoms with E-state index in [1.165, 1.54) is 22.8 Å². The third kappa shape index (κ3) is 5.53. The van der Waals surface area contributed by atoms with Crippen LogP contribution in [-0.2, 0) is 10.0 Å². The molecule has 11 nitrogen and oxygen atoms in total. The summed E-state index contributed by atoms with van der Waals surface area (Å²) in [4.78, 5) is 20.7. The summed E-state index contributed by atoms with van der Waals surface area (Å²) in [6.45, 7) is 4.36. The highest BCUT2D eigenvalue weighted by Crippen LogP contribution is 2.26. The standard InChI is InChI=1S/C22H27N7O4S/c1-4-29(5-2)34(31,32)18-12-8-16(9-13-18)26-20-19(23)21(25-14-24-20)27-28-22(30)15-6-10-17(33-3)11-7-15/h6-14H,4-5,23H2,1-3H3,(H,28,30)(H2,24,25,26,27). The van der Waals surface area contributed by atoms with Crippen molar-refractivity contribution in [3.05, 3.63) is 60.4 Å². The number of aromatic nitrogens is 2. The van der Waals surface area contributed by atoms with E-state index in [1.54, 1.807) is 57.4 Å². The molecule has 0 aliphatic carbocycles. The molecule has 0 fully saturated rings. The van der Waals surface area contributed by atoms with Crippen LogP contribution in [0.15, 0.2) is 59.8 Å². The molecule has 34 heavy (non-hydrogen) atoms. The van der Waals surface area contributed by atoms with Crippen LogP contribution in [0.5, 0.6) is 5.75 Å². The molecule has 3 aromatic rings. The number of nitrogens with two attached hydrogens (primary N) is 1. The van der Waals surface area contributed by atoms with Gasteiger partial charge in [-0.25, -0.2) is 18.4 Å². The summed E-state index contributed by atoms with van der Waals surface area (Å²) < 4.78 is 31.7. The van der Waals surface area contributed by atoms with Gasteiger partial charge in [0.15, 0.2) is 11.6 Å². The fourth-order valence-electron chi connectivity index (χ4n) is 3.08. The number of benzene rings is 2. The first-order valence-electron chi connectivity index (χ1n) is 10.5. The maximum atomic E-state index is 12.6. The summed E-state index contributed by atoms with van der Waals surface area (Å²) in [5.41, 5.74) is 12.5. The Labute approximate surface area is 198 Å². The summed E-state index contributed by atoms with van der Waals surface area (Å²) in [6.07, 6.45) is 1.28. The van der Waals surface area contributed by atoms with Crippen molar-refractivity contribution >= 4 is 38.9 Å². The topological polar surface area (TPSA) is 152 Å². The molecule has 0 bridgehead atoms. The first-order chi connectivity index (χ1) is 16.3. The van der Waals surface area contributed by atoms with Gasteiger partial charge in [0, 0.05) is 24.3 Å². The largest absolute Gasteiger partial charge is 0.497 e. The summed E-state index contributed by atoms with van der Waals surface area (Å²) >= 11 is 0. The maximum absolute atomic E-state index is 12.6. The highest BCUT2D eigenvalue weighted by atomic mass is 32.2. The zero-order valence-electron chi connectivity index (χ0n) is 19.1. The Kier molecular flexibility index (Phi) is 7.87. The van der Waals surface area contributed by atoms with Crippen LogP contribution in [0.25, 0.3) is 0 Å². The normalized spacial score (nSPS) is 11.2. The third-order valence-corrected chi connectivity index (χ3v) is 7.05. The quantitative estimate of drug-likeness (QED) is 0.318. The minimum Gasteiger partial charge on any atom is -0.497 e. The zero-order valence-corrected chi connectivity index (χ0v) is 19.9. The molecule has 12 heteroatoms. The van der Waals surface area contributed by atoms with Gasteiger partial charge in [0.05, 0.1) is 12.0 Å². The Bertz CT molecular complexity index is 1230. The van der Waals surface area contributed by atoms with Crippen LogP contribution in [0.2, 0.25) is 0 Å². The van der Waals surface area contributed by atoms with Crippen molar-refractivity contribution in [2.75, 3.05) is 36.7 Å². The lowest BCUT2D eigenvalue weighted by Crippen LogP contribution is -2.30. The molecule has 0 spiro atoms. The molecule has 2 aromatic carbocycles. The lowest BCUT2D eigenvalue weighted by molar-refractivity contribution is 0.0962. The summed E-state index contributed by atoms with van der Waals surface area (Å²) in [5, 5.41) is 3.03. The van der Waals surface area contributed by atoms with Crippen LogP contribution < -0.4 is 26.6 Å². The van der Waals surface area contributed by atoms with Crippen LogP contribution in [0, 0.1) is 0 Å². The number of sulfonamides is 1. The van der Waals surface area contributed by atoms with E-state index in [2.05, 4.69) is 26.1 Å². The number of carbonyl (C=O) groups excluding carboxylic acids is 1. The number of carbonyl (C=O) groups is 1. The van der Waals surface area contributed by atoms with E-state index in [1.807, 2.05) is 0 Å². The van der Waals surface area contributed by atoms with Gasteiger partial charge in [-0.3, -0.25) is 15.6 Å². The predicted octanol–water partition coefficient (Wildman–Crippen LogP) is 2.60. The number of hydrazine groups is 1. The van der Waals surface area contributed by atoms with Gasteiger partial charge in [0.25, 0.3) is 5.91 Å². The van der Waals surface area contributed by atoms with Crippen LogP contribution in [0.4, 0.5) is 23.0 Å². The number of nitrogens with zero attached hydrogens (tertiary/aromatic N) is 3. The number of ether oxygens (including phenoxy) is 1. The van der Waals surface area contributed by atoms with Gasteiger partial charge >= 0.3 is 0 Å². The van der Waals surface area contributed by atoms with Crippen molar-refractivity contribution in [1.29, 1.82) is 0 Å². The van der Waals surface area contributed by atoms with E-state index in [-0.39, 0.29) is 28.1 Å². The smallest absolute Gasteiger partial charge is 0.269 e. The van der Waals surface area contributed by atoms with Gasteiger partial charge in [-0.15, -0.1) is 0 Å². The van der Waals surface area contributed by atoms with E-state index in [0.717, 1.165) is 0 Å². The average Bonchev–Trinajstić information content (AvgIpc) is 2.85. The van der Waals surface area contributed by atoms with Gasteiger partial charge in [-0.1, -0.05) is 13.8 Å². The monoisotopic (exact) mass is 485 g/mol. The second-order valence-corrected chi connectivity index (χ2v) is 8.97. The van der Waals surface area contributed by atoms with E-state index in [0.29, 0.717) is 30.1 Å². The Morgan fingerprint density at radius 2 is 1.62 bits per heavy atom. The molecule has 0 saturated heterocycles. The molecule has 0 saturated carbocycles. The number of amides is 1. The first kappa shape index (κ1) is 24.7. The molecule has 180 valence electrons. The molecule has 0 unspecified atom stereocenters. The van der Waals surface area contributed by atoms with Gasteiger partial charge in [-0.05, 0) is 48.5 Å². The van der Waals surface area contributed by atoms with Crippen LogP contribution in [-0.4, -0.2) is 48.8 Å². The Balaban J connectivity index is 1.69. The molecule has 0 radical (unpaired) electrons. The van der Waals surface area contributed by atoms with E-state index < -0.39 is 10.0 Å². The van der Waals surface area contributed by atoms with Gasteiger partial charge < -0.3 is 15.8 Å². The van der Waals surface area contributed by atoms with Crippen molar-refractivity contribution in [3.63, 3.8) is 0 Å². The molecular formula is C22H27N7O4S. The number of nitrogens with one attached hydrogen (secondary N) is 3. The van der Waals surface area contributed by atoms with Crippen molar-refractivity contribution in [1.82, 2.24) is 19.7 Å².